The summed E-state index contributed by atoms with van der Waals surface area (Å²) in [5, 5.41) is 4.11. The number of hydrogen-bond acceptors (Lipinski definition) is 3. The molecule has 0 amide bonds. The van der Waals surface area contributed by atoms with Crippen LogP contribution in [0.5, 0.6) is 0 Å². The van der Waals surface area contributed by atoms with E-state index in [9.17, 15) is 8.42 Å². The zero-order valence-electron chi connectivity index (χ0n) is 10.2. The van der Waals surface area contributed by atoms with Gasteiger partial charge >= 0.3 is 0 Å². The number of rotatable bonds is 3. The minimum absolute atomic E-state index is 0.0863. The van der Waals surface area contributed by atoms with Crippen molar-refractivity contribution in [3.8, 4) is 0 Å². The fourth-order valence-corrected chi connectivity index (χ4v) is 3.83. The van der Waals surface area contributed by atoms with E-state index in [1.54, 1.807) is 19.3 Å². The molecule has 0 atom stereocenters. The lowest BCUT2D eigenvalue weighted by Gasteiger charge is -2.18. The average molecular weight is 320 g/mol. The Morgan fingerprint density at radius 2 is 1.84 bits per heavy atom. The highest BCUT2D eigenvalue weighted by molar-refractivity contribution is 7.93. The molecular weight excluding hydrogens is 309 g/mol. The van der Waals surface area contributed by atoms with Gasteiger partial charge in [0.05, 0.1) is 21.9 Å². The molecule has 8 heteroatoms. The number of anilines is 1. The van der Waals surface area contributed by atoms with Crippen molar-refractivity contribution in [1.29, 1.82) is 0 Å². The molecule has 1 aromatic carbocycles. The number of hydrogen-bond donors (Lipinski definition) is 0. The summed E-state index contributed by atoms with van der Waals surface area (Å²) < 4.78 is 27.6. The molecule has 0 saturated carbocycles. The summed E-state index contributed by atoms with van der Waals surface area (Å²) in [5.41, 5.74) is 0.429. The molecule has 0 N–H and O–H groups in total. The first kappa shape index (κ1) is 14.2. The van der Waals surface area contributed by atoms with Crippen molar-refractivity contribution in [2.45, 2.75) is 4.90 Å². The third kappa shape index (κ3) is 2.56. The Bertz CT molecular complexity index is 692. The molecule has 2 aromatic rings. The smallest absolute Gasteiger partial charge is 0.267 e. The highest BCUT2D eigenvalue weighted by atomic mass is 35.5. The summed E-state index contributed by atoms with van der Waals surface area (Å²) >= 11 is 11.9. The summed E-state index contributed by atoms with van der Waals surface area (Å²) in [4.78, 5) is -0.107. The first-order valence-electron chi connectivity index (χ1n) is 5.25. The Balaban J connectivity index is 2.54. The SMILES string of the molecule is CN(c1cnn(C)c1)S(=O)(=O)c1c(Cl)cccc1Cl. The maximum atomic E-state index is 12.5. The van der Waals surface area contributed by atoms with Gasteiger partial charge in [0.25, 0.3) is 10.0 Å². The lowest BCUT2D eigenvalue weighted by molar-refractivity contribution is 0.594. The van der Waals surface area contributed by atoms with E-state index in [0.29, 0.717) is 5.69 Å². The first-order valence-corrected chi connectivity index (χ1v) is 7.45. The quantitative estimate of drug-likeness (QED) is 0.873. The van der Waals surface area contributed by atoms with E-state index in [2.05, 4.69) is 5.10 Å². The molecule has 0 fully saturated rings. The van der Waals surface area contributed by atoms with E-state index < -0.39 is 10.0 Å². The van der Waals surface area contributed by atoms with Crippen molar-refractivity contribution in [1.82, 2.24) is 9.78 Å². The van der Waals surface area contributed by atoms with Gasteiger partial charge < -0.3 is 0 Å². The van der Waals surface area contributed by atoms with Gasteiger partial charge in [0.15, 0.2) is 0 Å². The molecule has 0 unspecified atom stereocenters. The monoisotopic (exact) mass is 319 g/mol. The van der Waals surface area contributed by atoms with Crippen molar-refractivity contribution in [3.05, 3.63) is 40.6 Å². The predicted molar refractivity (Wildman–Crippen MR) is 75.3 cm³/mol. The van der Waals surface area contributed by atoms with Crippen LogP contribution in [0.1, 0.15) is 0 Å². The van der Waals surface area contributed by atoms with Gasteiger partial charge in [-0.25, -0.2) is 8.42 Å². The van der Waals surface area contributed by atoms with Crippen LogP contribution in [-0.2, 0) is 17.1 Å². The van der Waals surface area contributed by atoms with Crippen LogP contribution in [0.2, 0.25) is 10.0 Å². The van der Waals surface area contributed by atoms with Gasteiger partial charge in [-0.1, -0.05) is 29.3 Å². The zero-order valence-corrected chi connectivity index (χ0v) is 12.5. The van der Waals surface area contributed by atoms with E-state index in [4.69, 9.17) is 23.2 Å². The molecule has 0 aliphatic heterocycles. The first-order chi connectivity index (χ1) is 8.84. The van der Waals surface area contributed by atoms with Crippen LogP contribution in [0.4, 0.5) is 5.69 Å². The molecule has 0 aliphatic rings. The Hall–Kier alpha value is -1.24. The van der Waals surface area contributed by atoms with Crippen molar-refractivity contribution in [3.63, 3.8) is 0 Å². The molecule has 19 heavy (non-hydrogen) atoms. The lowest BCUT2D eigenvalue weighted by Crippen LogP contribution is -2.26. The fraction of sp³-hybridized carbons (Fsp3) is 0.182. The summed E-state index contributed by atoms with van der Waals surface area (Å²) in [5.74, 6) is 0. The predicted octanol–water partition coefficient (Wildman–Crippen LogP) is 2.55. The third-order valence-corrected chi connectivity index (χ3v) is 5.33. The van der Waals surface area contributed by atoms with Crippen LogP contribution in [0.3, 0.4) is 0 Å². The maximum absolute atomic E-state index is 12.5. The second-order valence-electron chi connectivity index (χ2n) is 3.90. The van der Waals surface area contributed by atoms with Crippen molar-refractivity contribution in [2.75, 3.05) is 11.4 Å². The van der Waals surface area contributed by atoms with E-state index >= 15 is 0 Å². The number of benzene rings is 1. The Kier molecular flexibility index (Phi) is 3.75. The van der Waals surface area contributed by atoms with Crippen molar-refractivity contribution >= 4 is 38.9 Å². The van der Waals surface area contributed by atoms with Gasteiger partial charge in [-0.3, -0.25) is 8.99 Å². The highest BCUT2D eigenvalue weighted by Crippen LogP contribution is 2.32. The Morgan fingerprint density at radius 1 is 1.26 bits per heavy atom. The molecule has 0 bridgehead atoms. The summed E-state index contributed by atoms with van der Waals surface area (Å²) in [6.07, 6.45) is 3.03. The Labute approximate surface area is 121 Å². The van der Waals surface area contributed by atoms with Gasteiger partial charge in [-0.2, -0.15) is 5.10 Å². The number of sulfonamides is 1. The second-order valence-corrected chi connectivity index (χ2v) is 6.62. The molecule has 1 aromatic heterocycles. The van der Waals surface area contributed by atoms with E-state index in [1.807, 2.05) is 0 Å². The number of aromatic nitrogens is 2. The van der Waals surface area contributed by atoms with Crippen LogP contribution in [0.15, 0.2) is 35.5 Å². The molecule has 0 spiro atoms. The molecule has 0 aliphatic carbocycles. The molecular formula is C11H11Cl2N3O2S. The van der Waals surface area contributed by atoms with Crippen molar-refractivity contribution < 1.29 is 8.42 Å². The van der Waals surface area contributed by atoms with Gasteiger partial charge in [0, 0.05) is 20.3 Å². The molecule has 0 radical (unpaired) electrons. The largest absolute Gasteiger partial charge is 0.274 e. The van der Waals surface area contributed by atoms with E-state index in [-0.39, 0.29) is 14.9 Å². The molecule has 102 valence electrons. The van der Waals surface area contributed by atoms with E-state index in [0.717, 1.165) is 4.31 Å². The zero-order chi connectivity index (χ0) is 14.2. The van der Waals surface area contributed by atoms with Gasteiger partial charge in [-0.15, -0.1) is 0 Å². The van der Waals surface area contributed by atoms with Crippen LogP contribution < -0.4 is 4.31 Å². The number of halogens is 2. The minimum atomic E-state index is -3.82. The summed E-state index contributed by atoms with van der Waals surface area (Å²) in [6, 6.07) is 4.56. The minimum Gasteiger partial charge on any atom is -0.274 e. The van der Waals surface area contributed by atoms with Crippen LogP contribution in [0.25, 0.3) is 0 Å². The van der Waals surface area contributed by atoms with Crippen LogP contribution in [0, 0.1) is 0 Å². The topological polar surface area (TPSA) is 55.2 Å². The number of nitrogens with zero attached hydrogens (tertiary/aromatic N) is 3. The van der Waals surface area contributed by atoms with Crippen LogP contribution >= 0.6 is 23.2 Å². The Morgan fingerprint density at radius 3 is 2.32 bits per heavy atom. The fourth-order valence-electron chi connectivity index (χ4n) is 1.58. The van der Waals surface area contributed by atoms with Gasteiger partial charge in [-0.05, 0) is 12.1 Å². The van der Waals surface area contributed by atoms with Gasteiger partial charge in [0.1, 0.15) is 4.90 Å². The molecule has 0 saturated heterocycles. The normalized spacial score (nSPS) is 11.6. The van der Waals surface area contributed by atoms with Crippen LogP contribution in [-0.4, -0.2) is 25.2 Å². The van der Waals surface area contributed by atoms with Crippen molar-refractivity contribution in [2.24, 2.45) is 7.05 Å². The van der Waals surface area contributed by atoms with E-state index in [1.165, 1.54) is 30.1 Å². The summed E-state index contributed by atoms with van der Waals surface area (Å²) in [6.45, 7) is 0. The second kappa shape index (κ2) is 5.03. The molecule has 1 heterocycles. The average Bonchev–Trinajstić information content (AvgIpc) is 2.74. The lowest BCUT2D eigenvalue weighted by atomic mass is 10.4. The maximum Gasteiger partial charge on any atom is 0.267 e. The van der Waals surface area contributed by atoms with Gasteiger partial charge in [0.2, 0.25) is 0 Å². The standard InChI is InChI=1S/C11H11Cl2N3O2S/c1-15-7-8(6-14-15)16(2)19(17,18)11-9(12)4-3-5-10(11)13/h3-7H,1-2H3. The third-order valence-electron chi connectivity index (χ3n) is 2.59. The molecule has 2 rings (SSSR count). The summed E-state index contributed by atoms with van der Waals surface area (Å²) in [7, 11) is -0.700. The number of aryl methyl sites for hydroxylation is 1. The molecule has 5 nitrogen and oxygen atoms in total. The highest BCUT2D eigenvalue weighted by Gasteiger charge is 2.27.